The molecule has 1 aromatic carbocycles. The molecule has 0 heteroatoms. The highest BCUT2D eigenvalue weighted by molar-refractivity contribution is 5.22. The first-order chi connectivity index (χ1) is 8.86. The van der Waals surface area contributed by atoms with E-state index in [2.05, 4.69) is 37.4 Å². The Labute approximate surface area is 112 Å². The molecule has 0 saturated heterocycles. The van der Waals surface area contributed by atoms with Crippen LogP contribution in [-0.2, 0) is 12.8 Å². The van der Waals surface area contributed by atoms with Crippen LogP contribution >= 0.6 is 0 Å². The molecular formula is C18H26. The van der Waals surface area contributed by atoms with Crippen LogP contribution in [0.1, 0.15) is 49.7 Å². The van der Waals surface area contributed by atoms with Gasteiger partial charge in [-0.1, -0.05) is 36.4 Å². The van der Waals surface area contributed by atoms with E-state index in [0.29, 0.717) is 0 Å². The Bertz CT molecular complexity index is 297. The van der Waals surface area contributed by atoms with Crippen LogP contribution < -0.4 is 0 Å². The molecule has 0 fully saturated rings. The zero-order valence-corrected chi connectivity index (χ0v) is 11.5. The van der Waals surface area contributed by atoms with E-state index in [1.54, 1.807) is 0 Å². The first kappa shape index (κ1) is 14.8. The zero-order valence-electron chi connectivity index (χ0n) is 11.5. The molecule has 0 N–H and O–H groups in total. The van der Waals surface area contributed by atoms with Gasteiger partial charge in [0.2, 0.25) is 0 Å². The lowest BCUT2D eigenvalue weighted by Crippen LogP contribution is -1.89. The molecule has 0 aliphatic carbocycles. The Hall–Kier alpha value is -1.30. The number of allylic oxidation sites excluding steroid dienone is 2. The first-order valence-electron chi connectivity index (χ1n) is 7.16. The maximum Gasteiger partial charge on any atom is -0.0279 e. The number of rotatable bonds is 10. The van der Waals surface area contributed by atoms with E-state index in [0.717, 1.165) is 12.8 Å². The van der Waals surface area contributed by atoms with Crippen molar-refractivity contribution in [2.75, 3.05) is 0 Å². The van der Waals surface area contributed by atoms with Crippen LogP contribution in [0.2, 0.25) is 0 Å². The molecule has 0 amide bonds. The van der Waals surface area contributed by atoms with Crippen LogP contribution in [0.5, 0.6) is 0 Å². The summed E-state index contributed by atoms with van der Waals surface area (Å²) in [5.41, 5.74) is 2.93. The highest BCUT2D eigenvalue weighted by atomic mass is 14.0. The molecular weight excluding hydrogens is 216 g/mol. The number of benzene rings is 1. The lowest BCUT2D eigenvalue weighted by atomic mass is 10.0. The second kappa shape index (κ2) is 9.70. The van der Waals surface area contributed by atoms with Gasteiger partial charge >= 0.3 is 0 Å². The molecule has 1 aromatic rings. The van der Waals surface area contributed by atoms with Crippen LogP contribution in [0.15, 0.2) is 49.6 Å². The summed E-state index contributed by atoms with van der Waals surface area (Å²) in [6.45, 7) is 7.50. The molecule has 0 aliphatic heterocycles. The third-order valence-electron chi connectivity index (χ3n) is 3.27. The fourth-order valence-corrected chi connectivity index (χ4v) is 2.11. The van der Waals surface area contributed by atoms with Crippen molar-refractivity contribution in [3.8, 4) is 0 Å². The fraction of sp³-hybridized carbons (Fsp3) is 0.444. The number of unbranched alkanes of at least 4 members (excludes halogenated alkanes) is 4. The number of hydrogen-bond acceptors (Lipinski definition) is 0. The second-order valence-corrected chi connectivity index (χ2v) is 4.89. The normalized spacial score (nSPS) is 10.2. The summed E-state index contributed by atoms with van der Waals surface area (Å²) in [5.74, 6) is 0. The van der Waals surface area contributed by atoms with Crippen molar-refractivity contribution in [2.45, 2.75) is 51.4 Å². The summed E-state index contributed by atoms with van der Waals surface area (Å²) >= 11 is 0. The Morgan fingerprint density at radius 3 is 1.39 bits per heavy atom. The molecule has 0 saturated carbocycles. The summed E-state index contributed by atoms with van der Waals surface area (Å²) in [4.78, 5) is 0. The highest BCUT2D eigenvalue weighted by Gasteiger charge is 1.96. The topological polar surface area (TPSA) is 0 Å². The van der Waals surface area contributed by atoms with Gasteiger partial charge in [0.05, 0.1) is 0 Å². The molecule has 0 aromatic heterocycles. The molecule has 0 spiro atoms. The van der Waals surface area contributed by atoms with Crippen molar-refractivity contribution < 1.29 is 0 Å². The minimum atomic E-state index is 1.14. The molecule has 0 radical (unpaired) electrons. The summed E-state index contributed by atoms with van der Waals surface area (Å²) in [7, 11) is 0. The van der Waals surface area contributed by atoms with Gasteiger partial charge in [-0.15, -0.1) is 13.2 Å². The minimum Gasteiger partial charge on any atom is -0.103 e. The molecule has 0 nitrogen and oxygen atoms in total. The fourth-order valence-electron chi connectivity index (χ4n) is 2.11. The molecule has 0 atom stereocenters. The van der Waals surface area contributed by atoms with Crippen LogP contribution in [-0.4, -0.2) is 0 Å². The van der Waals surface area contributed by atoms with Crippen molar-refractivity contribution in [3.63, 3.8) is 0 Å². The van der Waals surface area contributed by atoms with Crippen molar-refractivity contribution in [2.24, 2.45) is 0 Å². The molecule has 0 unspecified atom stereocenters. The predicted octanol–water partition coefficient (Wildman–Crippen LogP) is 5.48. The van der Waals surface area contributed by atoms with Gasteiger partial charge in [-0.25, -0.2) is 0 Å². The Balaban J connectivity index is 2.24. The van der Waals surface area contributed by atoms with Crippen molar-refractivity contribution in [1.82, 2.24) is 0 Å². The van der Waals surface area contributed by atoms with Gasteiger partial charge in [-0.3, -0.25) is 0 Å². The Kier molecular flexibility index (Phi) is 7.96. The van der Waals surface area contributed by atoms with Gasteiger partial charge in [-0.05, 0) is 62.5 Å². The smallest absolute Gasteiger partial charge is 0.0279 e. The number of hydrogen-bond donors (Lipinski definition) is 0. The van der Waals surface area contributed by atoms with Gasteiger partial charge in [0.25, 0.3) is 0 Å². The van der Waals surface area contributed by atoms with E-state index >= 15 is 0 Å². The maximum absolute atomic E-state index is 3.75. The summed E-state index contributed by atoms with van der Waals surface area (Å²) in [5, 5.41) is 0. The summed E-state index contributed by atoms with van der Waals surface area (Å²) in [6.07, 6.45) is 13.7. The molecule has 98 valence electrons. The monoisotopic (exact) mass is 242 g/mol. The van der Waals surface area contributed by atoms with Gasteiger partial charge in [0, 0.05) is 0 Å². The molecule has 0 aliphatic rings. The third-order valence-corrected chi connectivity index (χ3v) is 3.27. The van der Waals surface area contributed by atoms with E-state index < -0.39 is 0 Å². The van der Waals surface area contributed by atoms with Gasteiger partial charge < -0.3 is 0 Å². The second-order valence-electron chi connectivity index (χ2n) is 4.89. The average Bonchev–Trinajstić information content (AvgIpc) is 2.41. The van der Waals surface area contributed by atoms with Crippen molar-refractivity contribution in [1.29, 1.82) is 0 Å². The molecule has 18 heavy (non-hydrogen) atoms. The van der Waals surface area contributed by atoms with E-state index in [1.165, 1.54) is 49.7 Å². The van der Waals surface area contributed by atoms with E-state index in [-0.39, 0.29) is 0 Å². The Morgan fingerprint density at radius 1 is 0.667 bits per heavy atom. The van der Waals surface area contributed by atoms with Crippen molar-refractivity contribution >= 4 is 0 Å². The van der Waals surface area contributed by atoms with Gasteiger partial charge in [0.1, 0.15) is 0 Å². The lowest BCUT2D eigenvalue weighted by Gasteiger charge is -2.04. The first-order valence-corrected chi connectivity index (χ1v) is 7.16. The third kappa shape index (κ3) is 6.44. The SMILES string of the molecule is C=CCCCCc1ccc(CCCCC=C)cc1. The largest absolute Gasteiger partial charge is 0.103 e. The lowest BCUT2D eigenvalue weighted by molar-refractivity contribution is 0.741. The number of aryl methyl sites for hydroxylation is 2. The van der Waals surface area contributed by atoms with Crippen LogP contribution in [0.3, 0.4) is 0 Å². The molecule has 0 heterocycles. The molecule has 0 bridgehead atoms. The van der Waals surface area contributed by atoms with Crippen LogP contribution in [0.25, 0.3) is 0 Å². The van der Waals surface area contributed by atoms with Gasteiger partial charge in [0.15, 0.2) is 0 Å². The van der Waals surface area contributed by atoms with Gasteiger partial charge in [-0.2, -0.15) is 0 Å². The highest BCUT2D eigenvalue weighted by Crippen LogP contribution is 2.11. The van der Waals surface area contributed by atoms with E-state index in [9.17, 15) is 0 Å². The average molecular weight is 242 g/mol. The standard InChI is InChI=1S/C18H26/c1-3-5-7-9-11-17-13-15-18(16-14-17)12-10-8-6-4-2/h3-4,13-16H,1-2,5-12H2. The predicted molar refractivity (Wildman–Crippen MR) is 81.9 cm³/mol. The van der Waals surface area contributed by atoms with Crippen LogP contribution in [0, 0.1) is 0 Å². The maximum atomic E-state index is 3.75. The summed E-state index contributed by atoms with van der Waals surface area (Å²) < 4.78 is 0. The van der Waals surface area contributed by atoms with Crippen molar-refractivity contribution in [3.05, 3.63) is 60.7 Å². The quantitative estimate of drug-likeness (QED) is 0.376. The molecule has 1 rings (SSSR count). The van der Waals surface area contributed by atoms with E-state index in [4.69, 9.17) is 0 Å². The summed E-state index contributed by atoms with van der Waals surface area (Å²) in [6, 6.07) is 9.15. The Morgan fingerprint density at radius 2 is 1.06 bits per heavy atom. The van der Waals surface area contributed by atoms with Crippen LogP contribution in [0.4, 0.5) is 0 Å². The minimum absolute atomic E-state index is 1.14. The zero-order chi connectivity index (χ0) is 13.1. The van der Waals surface area contributed by atoms with E-state index in [1.807, 2.05) is 12.2 Å².